The molecule has 2 aromatic heterocycles. The van der Waals surface area contributed by atoms with Gasteiger partial charge in [-0.05, 0) is 25.2 Å². The number of likely N-dealkylation sites (N-methyl/N-ethyl adjacent to an activating group) is 1. The number of aromatic nitrogens is 3. The van der Waals surface area contributed by atoms with Crippen LogP contribution < -0.4 is 4.90 Å². The Bertz CT molecular complexity index is 1390. The van der Waals surface area contributed by atoms with Gasteiger partial charge in [0.2, 0.25) is 0 Å². The number of hydrogen-bond donors (Lipinski definition) is 1. The van der Waals surface area contributed by atoms with Gasteiger partial charge < -0.3 is 19.6 Å². The first-order valence-corrected chi connectivity index (χ1v) is 6.57. The second-order valence-electron chi connectivity index (χ2n) is 4.71. The van der Waals surface area contributed by atoms with Crippen LogP contribution >= 0.6 is 0 Å². The highest BCUT2D eigenvalue weighted by Gasteiger charge is 2.33. The molecule has 1 aliphatic rings. The summed E-state index contributed by atoms with van der Waals surface area (Å²) in [5, 5.41) is -0.400. The molecule has 0 spiro atoms. The minimum atomic E-state index is -4.15. The summed E-state index contributed by atoms with van der Waals surface area (Å²) in [4.78, 5) is 25.0. The summed E-state index contributed by atoms with van der Waals surface area (Å²) in [6, 6.07) is -3.59. The number of likely N-dealkylation sites (tertiary alicyclic amines) is 1. The summed E-state index contributed by atoms with van der Waals surface area (Å²) in [7, 11) is 0. The first-order chi connectivity index (χ1) is 17.7. The highest BCUT2D eigenvalue weighted by Crippen LogP contribution is 2.29. The Morgan fingerprint density at radius 1 is 1.79 bits per heavy atom. The molecule has 1 aliphatic heterocycles. The van der Waals surface area contributed by atoms with Crippen LogP contribution in [0.1, 0.15) is 40.9 Å². The predicted octanol–water partition coefficient (Wildman–Crippen LogP) is 1.86. The molecule has 0 aromatic carbocycles. The molecule has 1 amide bonds. The fourth-order valence-corrected chi connectivity index (χ4v) is 2.09. The standard InChI is InChI=1S/C17H22N6O/c1-11-5-6-23(15(24)8-18-3)9-14(11)22(4)17-13-7-12(2)21-16(13)19-10-20-17/h7,10-11,14H,5-6,8-9H2,1-2,4H3,(H,19,20,21)/t11-,14+/m1/s1/i1D3,4D3,5D2,6D2,7D,8D2,9D2,11D. The molecule has 0 bridgehead atoms. The second-order valence-corrected chi connectivity index (χ2v) is 4.71. The van der Waals surface area contributed by atoms with Crippen molar-refractivity contribution in [3.05, 3.63) is 29.5 Å². The quantitative estimate of drug-likeness (QED) is 0.865. The topological polar surface area (TPSA) is 69.5 Å². The maximum atomic E-state index is 13.1. The van der Waals surface area contributed by atoms with E-state index in [1.807, 2.05) is 0 Å². The number of fused-ring (bicyclic) bond motifs is 1. The average Bonchev–Trinajstić information content (AvgIpc) is 3.07. The fraction of sp³-hybridized carbons (Fsp3) is 0.529. The van der Waals surface area contributed by atoms with Crippen molar-refractivity contribution in [2.45, 2.75) is 26.2 Å². The third-order valence-corrected chi connectivity index (χ3v) is 3.11. The number of hydrogen-bond acceptors (Lipinski definition) is 4. The number of H-pyrrole nitrogens is 1. The van der Waals surface area contributed by atoms with Gasteiger partial charge >= 0.3 is 5.91 Å². The SMILES string of the molecule is [2H]c1c(C)[nH]c2ncnc(N([C@H]3C([2H])([2H])N(C(=O)C([2H])([2H])[N+]#[C-])C([2H])([2H])C([2H])([2H])[C@@]3([2H])C([2H])([2H])[2H])C([2H])([2H])[2H])c12. The number of piperidine rings is 1. The molecule has 1 N–H and O–H groups in total. The van der Waals surface area contributed by atoms with E-state index in [2.05, 4.69) is 19.8 Å². The van der Waals surface area contributed by atoms with Crippen LogP contribution in [0.2, 0.25) is 0 Å². The zero-order chi connectivity index (χ0) is 31.2. The van der Waals surface area contributed by atoms with E-state index in [9.17, 15) is 4.79 Å². The number of nitrogens with one attached hydrogen (secondary N) is 1. The van der Waals surface area contributed by atoms with E-state index in [0.29, 0.717) is 0 Å². The maximum Gasteiger partial charge on any atom is 0.302 e. The van der Waals surface area contributed by atoms with E-state index in [1.54, 1.807) is 0 Å². The minimum absolute atomic E-state index is 0.0948. The van der Waals surface area contributed by atoms with Crippen LogP contribution in [0.15, 0.2) is 12.4 Å². The third kappa shape index (κ3) is 2.92. The van der Waals surface area contributed by atoms with Gasteiger partial charge in [0.1, 0.15) is 20.5 Å². The summed E-state index contributed by atoms with van der Waals surface area (Å²) in [5.41, 5.74) is -0.0474. The van der Waals surface area contributed by atoms with Crippen LogP contribution in [0.4, 0.5) is 5.82 Å². The van der Waals surface area contributed by atoms with Gasteiger partial charge in [0, 0.05) is 40.7 Å². The van der Waals surface area contributed by atoms with Crippen molar-refractivity contribution >= 4 is 22.8 Å². The van der Waals surface area contributed by atoms with Crippen LogP contribution in [-0.4, -0.2) is 58.3 Å². The van der Waals surface area contributed by atoms with E-state index in [0.717, 1.165) is 6.33 Å². The summed E-state index contributed by atoms with van der Waals surface area (Å²) in [6.45, 7) is -11.2. The van der Waals surface area contributed by atoms with Crippen molar-refractivity contribution < 1.29 is 26.7 Å². The number of carbonyl (C=O) groups excluding carboxylic acids is 1. The molecule has 1 fully saturated rings. The molecule has 3 heterocycles. The molecule has 2 atom stereocenters. The molecule has 7 nitrogen and oxygen atoms in total. The lowest BCUT2D eigenvalue weighted by Gasteiger charge is -2.41. The van der Waals surface area contributed by atoms with Gasteiger partial charge in [0.15, 0.2) is 0 Å². The van der Waals surface area contributed by atoms with Gasteiger partial charge in [-0.1, -0.05) is 6.85 Å². The normalized spacial score (nSPS) is 41.7. The first-order valence-electron chi connectivity index (χ1n) is 14.6. The first kappa shape index (κ1) is 5.73. The largest absolute Gasteiger partial charge is 0.354 e. The Kier molecular flexibility index (Phi) is 1.55. The lowest BCUT2D eigenvalue weighted by molar-refractivity contribution is -0.130. The Balaban J connectivity index is 2.59. The molecule has 2 aromatic rings. The number of anilines is 1. The fourth-order valence-electron chi connectivity index (χ4n) is 2.09. The Morgan fingerprint density at radius 2 is 2.67 bits per heavy atom. The minimum Gasteiger partial charge on any atom is -0.354 e. The zero-order valence-corrected chi connectivity index (χ0v) is 12.3. The van der Waals surface area contributed by atoms with Crippen molar-refractivity contribution in [3.63, 3.8) is 0 Å². The maximum absolute atomic E-state index is 13.1. The number of nitrogens with zero attached hydrogens (tertiary/aromatic N) is 5. The average molecular weight is 343 g/mol. The van der Waals surface area contributed by atoms with Crippen LogP contribution in [0, 0.1) is 19.4 Å². The number of carbonyl (C=O) groups is 1. The Hall–Kier alpha value is -2.62. The van der Waals surface area contributed by atoms with E-state index in [1.165, 1.54) is 6.92 Å². The summed E-state index contributed by atoms with van der Waals surface area (Å²) in [5.74, 6) is -7.20. The van der Waals surface area contributed by atoms with Crippen molar-refractivity contribution in [1.29, 1.82) is 0 Å². The van der Waals surface area contributed by atoms with E-state index >= 15 is 0 Å². The molecular formula is C17H22N6O. The highest BCUT2D eigenvalue weighted by molar-refractivity contribution is 5.88. The molecule has 0 unspecified atom stereocenters. The predicted molar refractivity (Wildman–Crippen MR) is 92.6 cm³/mol. The lowest BCUT2D eigenvalue weighted by atomic mass is 9.92. The lowest BCUT2D eigenvalue weighted by Crippen LogP contribution is -2.53. The zero-order valence-electron chi connectivity index (χ0n) is 28.3. The number of amides is 1. The van der Waals surface area contributed by atoms with Crippen LogP contribution in [-0.2, 0) is 4.79 Å². The molecule has 0 radical (unpaired) electrons. The van der Waals surface area contributed by atoms with Gasteiger partial charge in [-0.3, -0.25) is 4.79 Å². The van der Waals surface area contributed by atoms with E-state index in [-0.39, 0.29) is 16.2 Å². The molecule has 0 saturated carbocycles. The summed E-state index contributed by atoms with van der Waals surface area (Å²) >= 11 is 0. The summed E-state index contributed by atoms with van der Waals surface area (Å²) in [6.07, 6.45) is -3.39. The van der Waals surface area contributed by atoms with E-state index in [4.69, 9.17) is 28.5 Å². The van der Waals surface area contributed by atoms with Crippen LogP contribution in [0.25, 0.3) is 15.9 Å². The third-order valence-electron chi connectivity index (χ3n) is 3.11. The molecular weight excluding hydrogens is 304 g/mol. The van der Waals surface area contributed by atoms with Crippen molar-refractivity contribution in [3.8, 4) is 0 Å². The van der Waals surface area contributed by atoms with Crippen LogP contribution in [0.3, 0.4) is 0 Å². The molecule has 126 valence electrons. The second kappa shape index (κ2) is 6.48. The molecule has 7 heteroatoms. The molecule has 1 saturated heterocycles. The Morgan fingerprint density at radius 3 is 3.42 bits per heavy atom. The molecule has 3 rings (SSSR count). The summed E-state index contributed by atoms with van der Waals surface area (Å²) < 4.78 is 132. The Labute approximate surface area is 164 Å². The van der Waals surface area contributed by atoms with E-state index < -0.39 is 79.7 Å². The van der Waals surface area contributed by atoms with Gasteiger partial charge in [-0.2, -0.15) is 0 Å². The van der Waals surface area contributed by atoms with Crippen molar-refractivity contribution in [2.75, 3.05) is 31.4 Å². The monoisotopic (exact) mass is 342 g/mol. The van der Waals surface area contributed by atoms with Crippen molar-refractivity contribution in [2.24, 2.45) is 5.89 Å². The molecule has 0 aliphatic carbocycles. The highest BCUT2D eigenvalue weighted by atomic mass is 16.2. The van der Waals surface area contributed by atoms with Gasteiger partial charge in [0.05, 0.1) is 15.5 Å². The number of aromatic amines is 1. The molecule has 24 heavy (non-hydrogen) atoms. The van der Waals surface area contributed by atoms with Crippen LogP contribution in [0.5, 0.6) is 0 Å². The van der Waals surface area contributed by atoms with Gasteiger partial charge in [-0.25, -0.2) is 16.5 Å². The smallest absolute Gasteiger partial charge is 0.302 e. The number of aryl methyl sites for hydroxylation is 1. The number of rotatable bonds is 3. The van der Waals surface area contributed by atoms with Gasteiger partial charge in [-0.15, -0.1) is 0 Å². The van der Waals surface area contributed by atoms with Crippen molar-refractivity contribution in [1.82, 2.24) is 19.9 Å². The van der Waals surface area contributed by atoms with Gasteiger partial charge in [0.25, 0.3) is 6.50 Å².